The van der Waals surface area contributed by atoms with Gasteiger partial charge in [0.25, 0.3) is 0 Å². The lowest BCUT2D eigenvalue weighted by molar-refractivity contribution is 0.0520. The first-order chi connectivity index (χ1) is 6.70. The number of ether oxygens (including phenoxy) is 1. The molecule has 0 saturated carbocycles. The maximum Gasteiger partial charge on any atom is 0.358 e. The summed E-state index contributed by atoms with van der Waals surface area (Å²) in [6.07, 6.45) is 2.72. The van der Waals surface area contributed by atoms with Crippen molar-refractivity contribution in [2.24, 2.45) is 0 Å². The summed E-state index contributed by atoms with van der Waals surface area (Å²) < 4.78 is 18.9. The first-order valence-corrected chi connectivity index (χ1v) is 4.83. The van der Waals surface area contributed by atoms with Crippen molar-refractivity contribution < 1.29 is 13.9 Å². The highest BCUT2D eigenvalue weighted by Gasteiger charge is 2.13. The number of carbonyl (C=O) groups excluding carboxylic acids is 1. The molecule has 0 spiro atoms. The molecule has 0 fully saturated rings. The Balaban J connectivity index is 2.36. The zero-order valence-corrected chi connectivity index (χ0v) is 8.18. The SMILES string of the molecule is CCOC(=O)c1cn2cc(F)sc2n1. The lowest BCUT2D eigenvalue weighted by atomic mass is 10.5. The fraction of sp³-hybridized carbons (Fsp3) is 0.250. The third-order valence-electron chi connectivity index (χ3n) is 1.61. The van der Waals surface area contributed by atoms with Crippen LogP contribution in [0.2, 0.25) is 0 Å². The second kappa shape index (κ2) is 3.38. The van der Waals surface area contributed by atoms with E-state index in [2.05, 4.69) is 4.98 Å². The van der Waals surface area contributed by atoms with Crippen molar-refractivity contribution in [1.82, 2.24) is 9.38 Å². The molecule has 0 N–H and O–H groups in total. The molecular formula is C8H7FN2O2S. The van der Waals surface area contributed by atoms with E-state index in [-0.39, 0.29) is 10.8 Å². The highest BCUT2D eigenvalue weighted by molar-refractivity contribution is 7.15. The minimum absolute atomic E-state index is 0.207. The van der Waals surface area contributed by atoms with Gasteiger partial charge in [0.15, 0.2) is 15.8 Å². The number of nitrogens with zero attached hydrogens (tertiary/aromatic N) is 2. The Morgan fingerprint density at radius 3 is 3.14 bits per heavy atom. The van der Waals surface area contributed by atoms with Crippen LogP contribution in [0.15, 0.2) is 12.4 Å². The molecule has 6 heteroatoms. The minimum Gasteiger partial charge on any atom is -0.461 e. The Bertz CT molecular complexity index is 445. The van der Waals surface area contributed by atoms with Crippen molar-refractivity contribution in [3.63, 3.8) is 0 Å². The summed E-state index contributed by atoms with van der Waals surface area (Å²) in [7, 11) is 0. The summed E-state index contributed by atoms with van der Waals surface area (Å²) in [6.45, 7) is 2.02. The Hall–Kier alpha value is -1.43. The first-order valence-electron chi connectivity index (χ1n) is 4.02. The molecule has 0 aliphatic carbocycles. The molecule has 2 heterocycles. The monoisotopic (exact) mass is 214 g/mol. The van der Waals surface area contributed by atoms with Gasteiger partial charge in [0, 0.05) is 6.20 Å². The van der Waals surface area contributed by atoms with Gasteiger partial charge < -0.3 is 4.74 Å². The van der Waals surface area contributed by atoms with E-state index in [1.54, 1.807) is 6.92 Å². The highest BCUT2D eigenvalue weighted by Crippen LogP contribution is 2.16. The molecule has 14 heavy (non-hydrogen) atoms. The number of aromatic nitrogens is 2. The summed E-state index contributed by atoms with van der Waals surface area (Å²) in [5.41, 5.74) is 0.207. The number of rotatable bonds is 2. The van der Waals surface area contributed by atoms with Gasteiger partial charge in [0.1, 0.15) is 0 Å². The molecule has 0 atom stereocenters. The molecule has 0 amide bonds. The van der Waals surface area contributed by atoms with Gasteiger partial charge in [-0.05, 0) is 6.92 Å². The van der Waals surface area contributed by atoms with Gasteiger partial charge in [-0.15, -0.1) is 0 Å². The first kappa shape index (κ1) is 9.14. The van der Waals surface area contributed by atoms with E-state index in [0.717, 1.165) is 11.3 Å². The minimum atomic E-state index is -0.483. The van der Waals surface area contributed by atoms with Crippen LogP contribution >= 0.6 is 11.3 Å². The summed E-state index contributed by atoms with van der Waals surface area (Å²) in [6, 6.07) is 0. The number of carbonyl (C=O) groups is 1. The third-order valence-corrected chi connectivity index (χ3v) is 2.40. The molecule has 0 aliphatic heterocycles. The zero-order chi connectivity index (χ0) is 10.1. The summed E-state index contributed by atoms with van der Waals surface area (Å²) in [5.74, 6) is -0.483. The van der Waals surface area contributed by atoms with E-state index in [1.165, 1.54) is 16.8 Å². The number of imidazole rings is 1. The van der Waals surface area contributed by atoms with Crippen molar-refractivity contribution in [1.29, 1.82) is 0 Å². The van der Waals surface area contributed by atoms with Crippen LogP contribution in [0.5, 0.6) is 0 Å². The average Bonchev–Trinajstić information content (AvgIpc) is 2.61. The second-order valence-electron chi connectivity index (χ2n) is 2.57. The molecule has 4 nitrogen and oxygen atoms in total. The second-order valence-corrected chi connectivity index (χ2v) is 3.53. The van der Waals surface area contributed by atoms with E-state index in [4.69, 9.17) is 4.74 Å². The van der Waals surface area contributed by atoms with Crippen LogP contribution < -0.4 is 0 Å². The maximum atomic E-state index is 12.7. The molecule has 0 saturated heterocycles. The maximum absolute atomic E-state index is 12.7. The number of fused-ring (bicyclic) bond motifs is 1. The molecule has 0 unspecified atom stereocenters. The van der Waals surface area contributed by atoms with E-state index in [1.807, 2.05) is 0 Å². The number of esters is 1. The Morgan fingerprint density at radius 1 is 1.71 bits per heavy atom. The fourth-order valence-corrected chi connectivity index (χ4v) is 1.77. The van der Waals surface area contributed by atoms with Gasteiger partial charge in [0.2, 0.25) is 0 Å². The smallest absolute Gasteiger partial charge is 0.358 e. The zero-order valence-electron chi connectivity index (χ0n) is 7.36. The van der Waals surface area contributed by atoms with Crippen LogP contribution in [-0.4, -0.2) is 22.0 Å². The normalized spacial score (nSPS) is 10.7. The molecule has 0 aliphatic rings. The topological polar surface area (TPSA) is 43.6 Å². The quantitative estimate of drug-likeness (QED) is 0.715. The van der Waals surface area contributed by atoms with Crippen molar-refractivity contribution in [2.45, 2.75) is 6.92 Å². The average molecular weight is 214 g/mol. The molecular weight excluding hydrogens is 207 g/mol. The summed E-state index contributed by atoms with van der Waals surface area (Å²) in [4.78, 5) is 15.6. The Morgan fingerprint density at radius 2 is 2.50 bits per heavy atom. The van der Waals surface area contributed by atoms with Gasteiger partial charge in [-0.1, -0.05) is 11.3 Å². The van der Waals surface area contributed by atoms with Gasteiger partial charge in [-0.25, -0.2) is 9.78 Å². The predicted octanol–water partition coefficient (Wildman–Crippen LogP) is 1.71. The molecule has 0 radical (unpaired) electrons. The number of halogens is 1. The number of hydrogen-bond donors (Lipinski definition) is 0. The molecule has 2 aromatic rings. The van der Waals surface area contributed by atoms with Gasteiger partial charge >= 0.3 is 5.97 Å². The lowest BCUT2D eigenvalue weighted by Gasteiger charge is -1.95. The van der Waals surface area contributed by atoms with E-state index in [0.29, 0.717) is 11.6 Å². The predicted molar refractivity (Wildman–Crippen MR) is 49.0 cm³/mol. The van der Waals surface area contributed by atoms with Crippen molar-refractivity contribution in [2.75, 3.05) is 6.61 Å². The third kappa shape index (κ3) is 1.48. The fourth-order valence-electron chi connectivity index (χ4n) is 1.07. The molecule has 2 rings (SSSR count). The molecule has 2 aromatic heterocycles. The molecule has 74 valence electrons. The Kier molecular flexibility index (Phi) is 2.20. The largest absolute Gasteiger partial charge is 0.461 e. The summed E-state index contributed by atoms with van der Waals surface area (Å²) in [5, 5.41) is -0.331. The standard InChI is InChI=1S/C8H7FN2O2S/c1-2-13-7(12)5-3-11-4-6(9)14-8(11)10-5/h3-4H,2H2,1H3. The van der Waals surface area contributed by atoms with Crippen LogP contribution in [0.4, 0.5) is 4.39 Å². The number of thiazole rings is 1. The van der Waals surface area contributed by atoms with E-state index < -0.39 is 5.97 Å². The van der Waals surface area contributed by atoms with E-state index in [9.17, 15) is 9.18 Å². The molecule has 0 bridgehead atoms. The lowest BCUT2D eigenvalue weighted by Crippen LogP contribution is -2.04. The van der Waals surface area contributed by atoms with Gasteiger partial charge in [-0.2, -0.15) is 4.39 Å². The van der Waals surface area contributed by atoms with Crippen LogP contribution in [0, 0.1) is 5.13 Å². The Labute approximate surface area is 82.9 Å². The van der Waals surface area contributed by atoms with Crippen LogP contribution in [0.25, 0.3) is 4.96 Å². The summed E-state index contributed by atoms with van der Waals surface area (Å²) >= 11 is 0.886. The number of hydrogen-bond acceptors (Lipinski definition) is 4. The van der Waals surface area contributed by atoms with Crippen LogP contribution in [0.1, 0.15) is 17.4 Å². The molecule has 0 aromatic carbocycles. The van der Waals surface area contributed by atoms with Crippen LogP contribution in [-0.2, 0) is 4.74 Å². The van der Waals surface area contributed by atoms with Gasteiger partial charge in [-0.3, -0.25) is 4.40 Å². The van der Waals surface area contributed by atoms with E-state index >= 15 is 0 Å². The van der Waals surface area contributed by atoms with Gasteiger partial charge in [0.05, 0.1) is 12.8 Å². The van der Waals surface area contributed by atoms with Crippen molar-refractivity contribution >= 4 is 22.3 Å². The van der Waals surface area contributed by atoms with Crippen molar-refractivity contribution in [3.8, 4) is 0 Å². The van der Waals surface area contributed by atoms with Crippen molar-refractivity contribution in [3.05, 3.63) is 23.2 Å². The van der Waals surface area contributed by atoms with Crippen LogP contribution in [0.3, 0.4) is 0 Å². The highest BCUT2D eigenvalue weighted by atomic mass is 32.1.